The Morgan fingerprint density at radius 2 is 0.915 bits per heavy atom. The molecule has 0 atom stereocenters. The number of rotatable bonds is 6. The Hall–Kier alpha value is -7.95. The van der Waals surface area contributed by atoms with Gasteiger partial charge in [0.2, 0.25) is 5.89 Å². The first kappa shape index (κ1) is 33.2. The fourth-order valence-electron chi connectivity index (χ4n) is 9.01. The lowest BCUT2D eigenvalue weighted by molar-refractivity contribution is 0.623. The molecule has 0 aliphatic rings. The van der Waals surface area contributed by atoms with Crippen LogP contribution in [0.2, 0.25) is 0 Å². The second kappa shape index (κ2) is 13.3. The minimum absolute atomic E-state index is 0.630. The molecular formula is C55H35N3O. The summed E-state index contributed by atoms with van der Waals surface area (Å²) in [5.74, 6) is 0.630. The number of nitrogens with zero attached hydrogens (tertiary/aromatic N) is 3. The molecule has 59 heavy (non-hydrogen) atoms. The van der Waals surface area contributed by atoms with Crippen molar-refractivity contribution in [2.45, 2.75) is 0 Å². The van der Waals surface area contributed by atoms with Gasteiger partial charge in [0, 0.05) is 49.9 Å². The van der Waals surface area contributed by atoms with Crippen LogP contribution >= 0.6 is 0 Å². The molecule has 12 rings (SSSR count). The van der Waals surface area contributed by atoms with E-state index in [1.807, 2.05) is 30.3 Å². The van der Waals surface area contributed by atoms with Crippen molar-refractivity contribution in [1.29, 1.82) is 0 Å². The zero-order valence-electron chi connectivity index (χ0n) is 32.0. The fraction of sp³-hybridized carbons (Fsp3) is 0. The summed E-state index contributed by atoms with van der Waals surface area (Å²) in [4.78, 5) is 7.29. The van der Waals surface area contributed by atoms with Gasteiger partial charge in [-0.3, -0.25) is 0 Å². The molecule has 12 aromatic rings. The van der Waals surface area contributed by atoms with Gasteiger partial charge >= 0.3 is 0 Å². The number of hydrogen-bond donors (Lipinski definition) is 0. The molecule has 0 bridgehead atoms. The van der Waals surface area contributed by atoms with Gasteiger partial charge in [-0.2, -0.15) is 0 Å². The number of anilines is 3. The molecule has 0 saturated heterocycles. The largest absolute Gasteiger partial charge is 0.435 e. The van der Waals surface area contributed by atoms with E-state index in [1.165, 1.54) is 43.7 Å². The Kier molecular flexibility index (Phi) is 7.50. The highest BCUT2D eigenvalue weighted by atomic mass is 16.3. The molecule has 0 aliphatic heterocycles. The Bertz CT molecular complexity index is 3480. The number of benzene rings is 10. The van der Waals surface area contributed by atoms with E-state index >= 15 is 0 Å². The average molecular weight is 754 g/mol. The van der Waals surface area contributed by atoms with E-state index in [-0.39, 0.29) is 0 Å². The lowest BCUT2D eigenvalue weighted by Crippen LogP contribution is -2.10. The van der Waals surface area contributed by atoms with E-state index < -0.39 is 0 Å². The molecule has 0 unspecified atom stereocenters. The molecule has 4 nitrogen and oxygen atoms in total. The first-order valence-electron chi connectivity index (χ1n) is 20.0. The fourth-order valence-corrected chi connectivity index (χ4v) is 9.01. The van der Waals surface area contributed by atoms with Crippen LogP contribution in [0.15, 0.2) is 217 Å². The zero-order chi connectivity index (χ0) is 38.9. The van der Waals surface area contributed by atoms with E-state index in [1.54, 1.807) is 0 Å². The summed E-state index contributed by atoms with van der Waals surface area (Å²) >= 11 is 0. The molecule has 276 valence electrons. The third-order valence-corrected chi connectivity index (χ3v) is 11.8. The topological polar surface area (TPSA) is 34.2 Å². The van der Waals surface area contributed by atoms with Gasteiger partial charge < -0.3 is 13.9 Å². The number of aromatic nitrogens is 2. The molecule has 0 radical (unpaired) electrons. The van der Waals surface area contributed by atoms with Crippen LogP contribution in [0.3, 0.4) is 0 Å². The highest BCUT2D eigenvalue weighted by molar-refractivity contribution is 6.26. The van der Waals surface area contributed by atoms with Crippen LogP contribution in [0.4, 0.5) is 17.1 Å². The Morgan fingerprint density at radius 1 is 0.390 bits per heavy atom. The average Bonchev–Trinajstić information content (AvgIpc) is 3.90. The number of hydrogen-bond acceptors (Lipinski definition) is 3. The molecular weight excluding hydrogens is 719 g/mol. The maximum atomic E-state index is 6.61. The summed E-state index contributed by atoms with van der Waals surface area (Å²) in [5, 5.41) is 9.37. The van der Waals surface area contributed by atoms with E-state index in [0.717, 1.165) is 61.0 Å². The van der Waals surface area contributed by atoms with Crippen molar-refractivity contribution in [3.05, 3.63) is 212 Å². The number of fused-ring (bicyclic) bond motifs is 10. The quantitative estimate of drug-likeness (QED) is 0.159. The Balaban J connectivity index is 1.02. The molecule has 10 aromatic carbocycles. The van der Waals surface area contributed by atoms with Crippen molar-refractivity contribution >= 4 is 82.3 Å². The Morgan fingerprint density at radius 3 is 1.59 bits per heavy atom. The smallest absolute Gasteiger partial charge is 0.227 e. The number of para-hydroxylation sites is 2. The summed E-state index contributed by atoms with van der Waals surface area (Å²) in [5.41, 5.74) is 11.8. The van der Waals surface area contributed by atoms with E-state index in [0.29, 0.717) is 5.89 Å². The minimum atomic E-state index is 0.630. The van der Waals surface area contributed by atoms with Crippen molar-refractivity contribution in [2.24, 2.45) is 0 Å². The SMILES string of the molecule is c1ccc(-c2ccc(N(c3ccc(-n4c5ccccc5c5ccccc54)cc3)c3ccc4c(ccc5ccc6ccc7nc(-c8ccccc8)oc7c6c54)c3)cc2)cc1. The number of oxazole rings is 1. The van der Waals surface area contributed by atoms with Crippen molar-refractivity contribution < 1.29 is 4.42 Å². The van der Waals surface area contributed by atoms with Crippen molar-refractivity contribution in [2.75, 3.05) is 4.90 Å². The summed E-state index contributed by atoms with van der Waals surface area (Å²) < 4.78 is 8.97. The van der Waals surface area contributed by atoms with Crippen LogP contribution in [0.5, 0.6) is 0 Å². The lowest BCUT2D eigenvalue weighted by Gasteiger charge is -2.26. The minimum Gasteiger partial charge on any atom is -0.435 e. The predicted molar refractivity (Wildman–Crippen MR) is 246 cm³/mol. The summed E-state index contributed by atoms with van der Waals surface area (Å²) in [6.07, 6.45) is 0. The highest BCUT2D eigenvalue weighted by Gasteiger charge is 2.19. The lowest BCUT2D eigenvalue weighted by atomic mass is 9.95. The van der Waals surface area contributed by atoms with Crippen LogP contribution in [0, 0.1) is 0 Å². The van der Waals surface area contributed by atoms with Crippen molar-refractivity contribution in [1.82, 2.24) is 9.55 Å². The standard InChI is InChI=1S/C55H35N3O/c1-3-11-36(12-4-1)37-23-26-42(27-24-37)57(43-28-30-44(31-29-43)58-50-17-9-7-15-47(50)48-16-8-10-18-51(48)58)45-32-33-46-41(35-45)22-21-38-19-20-39-25-34-49-54(53(39)52(38)46)59-55(56-49)40-13-5-2-6-14-40/h1-35H. The van der Waals surface area contributed by atoms with Gasteiger partial charge in [0.15, 0.2) is 5.58 Å². The van der Waals surface area contributed by atoms with Crippen LogP contribution in [0.1, 0.15) is 0 Å². The van der Waals surface area contributed by atoms with Gasteiger partial charge in [0.1, 0.15) is 5.52 Å². The van der Waals surface area contributed by atoms with Crippen molar-refractivity contribution in [3.8, 4) is 28.3 Å². The van der Waals surface area contributed by atoms with Crippen LogP contribution in [0.25, 0.3) is 93.5 Å². The molecule has 0 N–H and O–H groups in total. The van der Waals surface area contributed by atoms with Crippen LogP contribution in [-0.2, 0) is 0 Å². The van der Waals surface area contributed by atoms with Crippen molar-refractivity contribution in [3.63, 3.8) is 0 Å². The molecule has 2 aromatic heterocycles. The first-order valence-corrected chi connectivity index (χ1v) is 20.0. The van der Waals surface area contributed by atoms with Gasteiger partial charge in [-0.05, 0) is 112 Å². The zero-order valence-corrected chi connectivity index (χ0v) is 32.0. The Labute approximate surface area is 340 Å². The molecule has 4 heteroatoms. The summed E-state index contributed by atoms with van der Waals surface area (Å²) in [6, 6.07) is 75.8. The van der Waals surface area contributed by atoms with E-state index in [2.05, 4.69) is 191 Å². The van der Waals surface area contributed by atoms with Gasteiger partial charge in [-0.25, -0.2) is 4.98 Å². The van der Waals surface area contributed by atoms with Gasteiger partial charge in [-0.1, -0.05) is 133 Å². The maximum Gasteiger partial charge on any atom is 0.227 e. The molecule has 0 aliphatic carbocycles. The summed E-state index contributed by atoms with van der Waals surface area (Å²) in [6.45, 7) is 0. The van der Waals surface area contributed by atoms with Gasteiger partial charge in [0.05, 0.1) is 11.0 Å². The van der Waals surface area contributed by atoms with E-state index in [9.17, 15) is 0 Å². The van der Waals surface area contributed by atoms with Crippen LogP contribution in [-0.4, -0.2) is 9.55 Å². The second-order valence-electron chi connectivity index (χ2n) is 15.2. The molecule has 0 amide bonds. The van der Waals surface area contributed by atoms with Crippen LogP contribution < -0.4 is 4.90 Å². The molecule has 0 fully saturated rings. The first-order chi connectivity index (χ1) is 29.2. The van der Waals surface area contributed by atoms with E-state index in [4.69, 9.17) is 9.40 Å². The third-order valence-electron chi connectivity index (χ3n) is 11.8. The normalized spacial score (nSPS) is 11.7. The molecule has 0 saturated carbocycles. The molecule has 0 spiro atoms. The summed E-state index contributed by atoms with van der Waals surface area (Å²) in [7, 11) is 0. The maximum absolute atomic E-state index is 6.61. The third kappa shape index (κ3) is 5.42. The molecule has 2 heterocycles. The van der Waals surface area contributed by atoms with Gasteiger partial charge in [0.25, 0.3) is 0 Å². The van der Waals surface area contributed by atoms with Gasteiger partial charge in [-0.15, -0.1) is 0 Å². The predicted octanol–water partition coefficient (Wildman–Crippen LogP) is 15.2. The monoisotopic (exact) mass is 753 g/mol. The highest BCUT2D eigenvalue weighted by Crippen LogP contribution is 2.42. The second-order valence-corrected chi connectivity index (χ2v) is 15.2.